The highest BCUT2D eigenvalue weighted by molar-refractivity contribution is 6.17. The second kappa shape index (κ2) is 6.37. The molecule has 1 rings (SSSR count). The van der Waals surface area contributed by atoms with Crippen LogP contribution in [0.2, 0.25) is 0 Å². The third-order valence-corrected chi connectivity index (χ3v) is 1.88. The topological polar surface area (TPSA) is 68.0 Å². The van der Waals surface area contributed by atoms with E-state index in [1.165, 1.54) is 6.39 Å². The predicted octanol–water partition coefficient (Wildman–Crippen LogP) is 0.747. The zero-order chi connectivity index (χ0) is 10.2. The van der Waals surface area contributed by atoms with E-state index in [2.05, 4.69) is 20.0 Å². The molecule has 78 valence electrons. The van der Waals surface area contributed by atoms with E-state index in [0.29, 0.717) is 37.5 Å². The second-order valence-electron chi connectivity index (χ2n) is 2.74. The van der Waals surface area contributed by atoms with Crippen LogP contribution < -0.4 is 5.32 Å². The summed E-state index contributed by atoms with van der Waals surface area (Å²) >= 11 is 5.45. The molecule has 0 aliphatic rings. The smallest absolute Gasteiger partial charge is 0.220 e. The van der Waals surface area contributed by atoms with E-state index >= 15 is 0 Å². The Hall–Kier alpha value is -1.10. The fourth-order valence-electron chi connectivity index (χ4n) is 0.932. The molecule has 1 amide bonds. The van der Waals surface area contributed by atoms with Crippen molar-refractivity contribution in [2.45, 2.75) is 19.3 Å². The largest absolute Gasteiger partial charge is 0.356 e. The molecule has 0 unspecified atom stereocenters. The number of carbonyl (C=O) groups is 1. The molecule has 0 spiro atoms. The first kappa shape index (κ1) is 11.0. The van der Waals surface area contributed by atoms with Gasteiger partial charge >= 0.3 is 0 Å². The number of amides is 1. The van der Waals surface area contributed by atoms with Crippen LogP contribution in [0.4, 0.5) is 0 Å². The summed E-state index contributed by atoms with van der Waals surface area (Å²) < 4.78 is 4.55. The molecule has 0 bridgehead atoms. The number of hydrogen-bond acceptors (Lipinski definition) is 4. The Labute approximate surface area is 86.8 Å². The lowest BCUT2D eigenvalue weighted by Crippen LogP contribution is -2.25. The van der Waals surface area contributed by atoms with Crippen LogP contribution in [0.1, 0.15) is 18.7 Å². The summed E-state index contributed by atoms with van der Waals surface area (Å²) in [6, 6.07) is 0. The number of halogens is 1. The number of carbonyl (C=O) groups excluding carboxylic acids is 1. The summed E-state index contributed by atoms with van der Waals surface area (Å²) in [7, 11) is 0. The summed E-state index contributed by atoms with van der Waals surface area (Å²) in [5.41, 5.74) is 0. The molecule has 1 aromatic rings. The van der Waals surface area contributed by atoms with E-state index in [1.807, 2.05) is 0 Å². The molecule has 0 aliphatic heterocycles. The average molecular weight is 218 g/mol. The normalized spacial score (nSPS) is 10.1. The summed E-state index contributed by atoms with van der Waals surface area (Å²) in [5.74, 6) is 1.12. The van der Waals surface area contributed by atoms with Gasteiger partial charge in [0.2, 0.25) is 12.3 Å². The predicted molar refractivity (Wildman–Crippen MR) is 51.0 cm³/mol. The summed E-state index contributed by atoms with van der Waals surface area (Å²) in [5, 5.41) is 6.35. The summed E-state index contributed by atoms with van der Waals surface area (Å²) in [6.45, 7) is 0.528. The van der Waals surface area contributed by atoms with Crippen LogP contribution in [-0.4, -0.2) is 28.5 Å². The van der Waals surface area contributed by atoms with Gasteiger partial charge in [-0.15, -0.1) is 11.6 Å². The first-order chi connectivity index (χ1) is 6.83. The van der Waals surface area contributed by atoms with E-state index in [4.69, 9.17) is 11.6 Å². The van der Waals surface area contributed by atoms with Crippen molar-refractivity contribution in [3.63, 3.8) is 0 Å². The van der Waals surface area contributed by atoms with Crippen LogP contribution in [0, 0.1) is 0 Å². The molecule has 0 saturated carbocycles. The van der Waals surface area contributed by atoms with Crippen molar-refractivity contribution in [1.82, 2.24) is 15.5 Å². The van der Waals surface area contributed by atoms with Gasteiger partial charge in [0, 0.05) is 25.3 Å². The molecule has 0 aliphatic carbocycles. The Morgan fingerprint density at radius 3 is 3.14 bits per heavy atom. The highest BCUT2D eigenvalue weighted by Gasteiger charge is 2.01. The van der Waals surface area contributed by atoms with Gasteiger partial charge in [-0.05, 0) is 6.42 Å². The van der Waals surface area contributed by atoms with Gasteiger partial charge in [0.15, 0.2) is 5.82 Å². The Morgan fingerprint density at radius 2 is 2.50 bits per heavy atom. The van der Waals surface area contributed by atoms with Crippen LogP contribution in [0.3, 0.4) is 0 Å². The monoisotopic (exact) mass is 217 g/mol. The molecule has 14 heavy (non-hydrogen) atoms. The number of alkyl halides is 1. The van der Waals surface area contributed by atoms with Crippen LogP contribution in [0.25, 0.3) is 0 Å². The Morgan fingerprint density at radius 1 is 1.64 bits per heavy atom. The van der Waals surface area contributed by atoms with Crippen molar-refractivity contribution >= 4 is 17.5 Å². The van der Waals surface area contributed by atoms with E-state index in [0.717, 1.165) is 0 Å². The average Bonchev–Trinajstić information content (AvgIpc) is 2.67. The minimum atomic E-state index is 0.00847. The molecule has 6 heteroatoms. The minimum Gasteiger partial charge on any atom is -0.356 e. The minimum absolute atomic E-state index is 0.00847. The SMILES string of the molecule is O=C(CCCCl)NCCc1ncon1. The fourth-order valence-corrected chi connectivity index (χ4v) is 1.07. The van der Waals surface area contributed by atoms with Gasteiger partial charge in [-0.2, -0.15) is 4.98 Å². The molecular formula is C8H12ClN3O2. The van der Waals surface area contributed by atoms with Crippen molar-refractivity contribution in [2.75, 3.05) is 12.4 Å². The molecule has 1 heterocycles. The fraction of sp³-hybridized carbons (Fsp3) is 0.625. The number of rotatable bonds is 6. The Bertz CT molecular complexity index is 264. The molecule has 0 aromatic carbocycles. The van der Waals surface area contributed by atoms with Gasteiger partial charge in [0.05, 0.1) is 0 Å². The molecule has 0 radical (unpaired) electrons. The second-order valence-corrected chi connectivity index (χ2v) is 3.12. The molecule has 0 atom stereocenters. The van der Waals surface area contributed by atoms with Crippen LogP contribution in [-0.2, 0) is 11.2 Å². The molecule has 0 fully saturated rings. The van der Waals surface area contributed by atoms with Gasteiger partial charge in [0.1, 0.15) is 0 Å². The third-order valence-electron chi connectivity index (χ3n) is 1.62. The van der Waals surface area contributed by atoms with Crippen molar-refractivity contribution in [2.24, 2.45) is 0 Å². The van der Waals surface area contributed by atoms with E-state index in [-0.39, 0.29) is 5.91 Å². The van der Waals surface area contributed by atoms with Gasteiger partial charge in [0.25, 0.3) is 0 Å². The van der Waals surface area contributed by atoms with Crippen molar-refractivity contribution in [3.05, 3.63) is 12.2 Å². The summed E-state index contributed by atoms with van der Waals surface area (Å²) in [6.07, 6.45) is 3.03. The number of hydrogen-bond donors (Lipinski definition) is 1. The van der Waals surface area contributed by atoms with Crippen molar-refractivity contribution in [3.8, 4) is 0 Å². The number of nitrogens with zero attached hydrogens (tertiary/aromatic N) is 2. The van der Waals surface area contributed by atoms with E-state index in [9.17, 15) is 4.79 Å². The first-order valence-electron chi connectivity index (χ1n) is 4.41. The lowest BCUT2D eigenvalue weighted by Gasteiger charge is -2.01. The van der Waals surface area contributed by atoms with Crippen LogP contribution >= 0.6 is 11.6 Å². The van der Waals surface area contributed by atoms with E-state index in [1.54, 1.807) is 0 Å². The summed E-state index contributed by atoms with van der Waals surface area (Å²) in [4.78, 5) is 14.9. The van der Waals surface area contributed by atoms with Gasteiger partial charge in [-0.1, -0.05) is 5.16 Å². The van der Waals surface area contributed by atoms with Gasteiger partial charge in [-0.3, -0.25) is 4.79 Å². The van der Waals surface area contributed by atoms with E-state index < -0.39 is 0 Å². The molecule has 1 aromatic heterocycles. The third kappa shape index (κ3) is 4.23. The zero-order valence-corrected chi connectivity index (χ0v) is 8.46. The Balaban J connectivity index is 2.06. The molecule has 0 saturated heterocycles. The maximum absolute atomic E-state index is 11.1. The zero-order valence-electron chi connectivity index (χ0n) is 7.70. The Kier molecular flexibility index (Phi) is 4.99. The van der Waals surface area contributed by atoms with Gasteiger partial charge < -0.3 is 9.84 Å². The lowest BCUT2D eigenvalue weighted by molar-refractivity contribution is -0.121. The molecule has 5 nitrogen and oxygen atoms in total. The molecule has 1 N–H and O–H groups in total. The standard InChI is InChI=1S/C8H12ClN3O2/c9-4-1-2-8(13)10-5-3-7-11-6-14-12-7/h6H,1-5H2,(H,10,13). The maximum Gasteiger partial charge on any atom is 0.220 e. The van der Waals surface area contributed by atoms with Crippen LogP contribution in [0.15, 0.2) is 10.9 Å². The maximum atomic E-state index is 11.1. The van der Waals surface area contributed by atoms with Crippen molar-refractivity contribution < 1.29 is 9.32 Å². The quantitative estimate of drug-likeness (QED) is 0.714. The van der Waals surface area contributed by atoms with Gasteiger partial charge in [-0.25, -0.2) is 0 Å². The lowest BCUT2D eigenvalue weighted by atomic mass is 10.3. The number of aromatic nitrogens is 2. The first-order valence-corrected chi connectivity index (χ1v) is 4.94. The highest BCUT2D eigenvalue weighted by Crippen LogP contribution is 1.92. The van der Waals surface area contributed by atoms with Crippen LogP contribution in [0.5, 0.6) is 0 Å². The number of nitrogens with one attached hydrogen (secondary N) is 1. The van der Waals surface area contributed by atoms with Crippen molar-refractivity contribution in [1.29, 1.82) is 0 Å². The molecular weight excluding hydrogens is 206 g/mol. The highest BCUT2D eigenvalue weighted by atomic mass is 35.5.